The molecule has 0 aromatic heterocycles. The molecule has 2 aliphatic heterocycles. The fourth-order valence-corrected chi connectivity index (χ4v) is 3.71. The van der Waals surface area contributed by atoms with Crippen LogP contribution in [0.25, 0.3) is 0 Å². The predicted molar refractivity (Wildman–Crippen MR) is 81.5 cm³/mol. The lowest BCUT2D eigenvalue weighted by Gasteiger charge is -2.27. The van der Waals surface area contributed by atoms with E-state index in [9.17, 15) is 9.59 Å². The molecule has 0 unspecified atom stereocenters. The van der Waals surface area contributed by atoms with Gasteiger partial charge in [0.25, 0.3) is 5.24 Å². The normalized spacial score (nSPS) is 25.0. The second-order valence-electron chi connectivity index (χ2n) is 5.26. The van der Waals surface area contributed by atoms with Gasteiger partial charge in [-0.05, 0) is 30.5 Å². The molecule has 0 radical (unpaired) electrons. The number of benzene rings is 1. The van der Waals surface area contributed by atoms with Gasteiger partial charge in [0.15, 0.2) is 0 Å². The first-order valence-corrected chi connectivity index (χ1v) is 8.05. The minimum Gasteiger partial charge on any atom is -0.497 e. The summed E-state index contributed by atoms with van der Waals surface area (Å²) in [5.41, 5.74) is 1.09. The molecule has 112 valence electrons. The zero-order valence-corrected chi connectivity index (χ0v) is 12.7. The fraction of sp³-hybridized carbons (Fsp3) is 0.467. The smallest absolute Gasteiger partial charge is 0.279 e. The highest BCUT2D eigenvalue weighted by Crippen LogP contribution is 2.34. The third-order valence-corrected chi connectivity index (χ3v) is 4.87. The fourth-order valence-electron chi connectivity index (χ4n) is 2.94. The van der Waals surface area contributed by atoms with Gasteiger partial charge in [-0.2, -0.15) is 0 Å². The lowest BCUT2D eigenvalue weighted by Crippen LogP contribution is -2.45. The van der Waals surface area contributed by atoms with Gasteiger partial charge in [-0.3, -0.25) is 9.59 Å². The maximum atomic E-state index is 12.6. The topological polar surface area (TPSA) is 58.6 Å². The van der Waals surface area contributed by atoms with Crippen LogP contribution < -0.4 is 10.1 Å². The number of nitrogens with one attached hydrogen (secondary N) is 1. The van der Waals surface area contributed by atoms with Crippen LogP contribution in [0.2, 0.25) is 0 Å². The molecule has 2 heterocycles. The highest BCUT2D eigenvalue weighted by Gasteiger charge is 2.37. The Kier molecular flexibility index (Phi) is 4.05. The van der Waals surface area contributed by atoms with Gasteiger partial charge in [0.1, 0.15) is 11.8 Å². The van der Waals surface area contributed by atoms with Gasteiger partial charge in [0.05, 0.1) is 13.2 Å². The van der Waals surface area contributed by atoms with Gasteiger partial charge in [-0.25, -0.2) is 0 Å². The quantitative estimate of drug-likeness (QED) is 0.930. The number of nitrogens with zero attached hydrogens (tertiary/aromatic N) is 1. The van der Waals surface area contributed by atoms with E-state index < -0.39 is 0 Å². The number of amides is 2. The molecule has 5 nitrogen and oxygen atoms in total. The molecule has 1 aromatic rings. The average Bonchev–Trinajstić information content (AvgIpc) is 3.15. The van der Waals surface area contributed by atoms with E-state index in [1.807, 2.05) is 29.2 Å². The Morgan fingerprint density at radius 3 is 3.05 bits per heavy atom. The number of carbonyl (C=O) groups excluding carboxylic acids is 2. The number of ether oxygens (including phenoxy) is 1. The lowest BCUT2D eigenvalue weighted by molar-refractivity contribution is -0.133. The number of rotatable bonds is 3. The maximum Gasteiger partial charge on any atom is 0.279 e. The third-order valence-electron chi connectivity index (χ3n) is 3.99. The van der Waals surface area contributed by atoms with Crippen LogP contribution >= 0.6 is 11.8 Å². The molecular weight excluding hydrogens is 288 g/mol. The Morgan fingerprint density at radius 2 is 2.33 bits per heavy atom. The van der Waals surface area contributed by atoms with Gasteiger partial charge in [-0.1, -0.05) is 23.9 Å². The zero-order chi connectivity index (χ0) is 14.8. The van der Waals surface area contributed by atoms with E-state index >= 15 is 0 Å². The molecule has 2 atom stereocenters. The molecule has 2 fully saturated rings. The van der Waals surface area contributed by atoms with Crippen LogP contribution in [0, 0.1) is 0 Å². The van der Waals surface area contributed by atoms with Gasteiger partial charge in [0.2, 0.25) is 5.91 Å². The molecule has 2 saturated heterocycles. The van der Waals surface area contributed by atoms with Crippen molar-refractivity contribution in [2.75, 3.05) is 19.4 Å². The maximum absolute atomic E-state index is 12.6. The number of carbonyl (C=O) groups is 2. The van der Waals surface area contributed by atoms with Crippen LogP contribution in [-0.4, -0.2) is 41.5 Å². The van der Waals surface area contributed by atoms with Crippen LogP contribution in [0.15, 0.2) is 24.3 Å². The van der Waals surface area contributed by atoms with Crippen molar-refractivity contribution in [1.82, 2.24) is 10.2 Å². The molecule has 2 aliphatic rings. The molecule has 0 bridgehead atoms. The first-order valence-electron chi connectivity index (χ1n) is 7.07. The molecule has 1 N–H and O–H groups in total. The molecule has 6 heteroatoms. The summed E-state index contributed by atoms with van der Waals surface area (Å²) in [6, 6.07) is 7.56. The van der Waals surface area contributed by atoms with E-state index in [1.165, 1.54) is 11.8 Å². The standard InChI is InChI=1S/C15H18N2O3S/c1-20-11-5-2-4-10(8-11)13-6-3-7-17(13)14(18)12-9-21-15(19)16-12/h2,4-5,8,12-13H,3,6-7,9H2,1H3,(H,16,19)/t12-,13-/m1/s1. The van der Waals surface area contributed by atoms with Crippen molar-refractivity contribution in [3.05, 3.63) is 29.8 Å². The Balaban J connectivity index is 1.78. The highest BCUT2D eigenvalue weighted by atomic mass is 32.2. The average molecular weight is 306 g/mol. The predicted octanol–water partition coefficient (Wildman–Crippen LogP) is 2.18. The summed E-state index contributed by atoms with van der Waals surface area (Å²) >= 11 is 1.18. The van der Waals surface area contributed by atoms with E-state index in [2.05, 4.69) is 5.32 Å². The van der Waals surface area contributed by atoms with E-state index in [1.54, 1.807) is 7.11 Å². The summed E-state index contributed by atoms with van der Waals surface area (Å²) in [6.45, 7) is 0.748. The van der Waals surface area contributed by atoms with E-state index in [4.69, 9.17) is 4.74 Å². The van der Waals surface area contributed by atoms with Crippen molar-refractivity contribution in [1.29, 1.82) is 0 Å². The molecular formula is C15H18N2O3S. The van der Waals surface area contributed by atoms with Crippen molar-refractivity contribution in [3.63, 3.8) is 0 Å². The van der Waals surface area contributed by atoms with Crippen LogP contribution in [-0.2, 0) is 4.79 Å². The first-order chi connectivity index (χ1) is 10.2. The first kappa shape index (κ1) is 14.3. The highest BCUT2D eigenvalue weighted by molar-refractivity contribution is 8.14. The summed E-state index contributed by atoms with van der Waals surface area (Å²) in [5.74, 6) is 1.36. The number of likely N-dealkylation sites (tertiary alicyclic amines) is 1. The van der Waals surface area contributed by atoms with Gasteiger partial charge < -0.3 is 15.0 Å². The number of hydrogen-bond donors (Lipinski definition) is 1. The SMILES string of the molecule is COc1cccc([C@H]2CCCN2C(=O)[C@H]2CSC(=O)N2)c1. The Morgan fingerprint density at radius 1 is 1.48 bits per heavy atom. The van der Waals surface area contributed by atoms with Crippen LogP contribution in [0.1, 0.15) is 24.4 Å². The zero-order valence-electron chi connectivity index (χ0n) is 11.9. The van der Waals surface area contributed by atoms with Crippen molar-refractivity contribution in [3.8, 4) is 5.75 Å². The second kappa shape index (κ2) is 5.97. The van der Waals surface area contributed by atoms with Crippen LogP contribution in [0.4, 0.5) is 4.79 Å². The third kappa shape index (κ3) is 2.85. The lowest BCUT2D eigenvalue weighted by atomic mass is 10.0. The summed E-state index contributed by atoms with van der Waals surface area (Å²) < 4.78 is 5.26. The molecule has 21 heavy (non-hydrogen) atoms. The Hall–Kier alpha value is -1.69. The Bertz CT molecular complexity index is 564. The summed E-state index contributed by atoms with van der Waals surface area (Å²) in [6.07, 6.45) is 1.94. The van der Waals surface area contributed by atoms with Gasteiger partial charge in [0, 0.05) is 12.3 Å². The molecule has 0 saturated carbocycles. The molecule has 0 spiro atoms. The molecule has 1 aromatic carbocycles. The van der Waals surface area contributed by atoms with Crippen molar-refractivity contribution < 1.29 is 14.3 Å². The monoisotopic (exact) mass is 306 g/mol. The molecule has 0 aliphatic carbocycles. The summed E-state index contributed by atoms with van der Waals surface area (Å²) in [5, 5.41) is 2.63. The van der Waals surface area contributed by atoms with E-state index in [-0.39, 0.29) is 23.2 Å². The van der Waals surface area contributed by atoms with E-state index in [0.29, 0.717) is 5.75 Å². The molecule has 3 rings (SSSR count). The number of thioether (sulfide) groups is 1. The summed E-state index contributed by atoms with van der Waals surface area (Å²) in [4.78, 5) is 25.8. The van der Waals surface area contributed by atoms with Crippen LogP contribution in [0.3, 0.4) is 0 Å². The van der Waals surface area contributed by atoms with Gasteiger partial charge >= 0.3 is 0 Å². The minimum absolute atomic E-state index is 0.0265. The minimum atomic E-state index is -0.381. The number of hydrogen-bond acceptors (Lipinski definition) is 4. The van der Waals surface area contributed by atoms with Crippen molar-refractivity contribution >= 4 is 22.9 Å². The summed E-state index contributed by atoms with van der Waals surface area (Å²) in [7, 11) is 1.64. The van der Waals surface area contributed by atoms with Crippen molar-refractivity contribution in [2.45, 2.75) is 24.9 Å². The van der Waals surface area contributed by atoms with Crippen LogP contribution in [0.5, 0.6) is 5.75 Å². The largest absolute Gasteiger partial charge is 0.497 e. The van der Waals surface area contributed by atoms with E-state index in [0.717, 1.165) is 30.7 Å². The van der Waals surface area contributed by atoms with Crippen molar-refractivity contribution in [2.24, 2.45) is 0 Å². The number of methoxy groups -OCH3 is 1. The molecule has 2 amide bonds. The Labute approximate surface area is 128 Å². The second-order valence-corrected chi connectivity index (χ2v) is 6.25. The van der Waals surface area contributed by atoms with Gasteiger partial charge in [-0.15, -0.1) is 0 Å².